The lowest BCUT2D eigenvalue weighted by Crippen LogP contribution is -2.33. The number of thioether (sulfide) groups is 1. The molecule has 26 heavy (non-hydrogen) atoms. The van der Waals surface area contributed by atoms with Gasteiger partial charge < -0.3 is 10.2 Å². The predicted octanol–water partition coefficient (Wildman–Crippen LogP) is 4.29. The van der Waals surface area contributed by atoms with E-state index in [0.29, 0.717) is 6.54 Å². The summed E-state index contributed by atoms with van der Waals surface area (Å²) < 4.78 is 0. The van der Waals surface area contributed by atoms with E-state index in [1.54, 1.807) is 11.8 Å². The summed E-state index contributed by atoms with van der Waals surface area (Å²) >= 11 is 1.64. The molecule has 0 spiro atoms. The molecular weight excluding hydrogens is 344 g/mol. The zero-order valence-corrected chi connectivity index (χ0v) is 16.2. The van der Waals surface area contributed by atoms with Gasteiger partial charge in [-0.15, -0.1) is 11.8 Å². The molecule has 1 heterocycles. The third-order valence-corrected chi connectivity index (χ3v) is 5.92. The Kier molecular flexibility index (Phi) is 5.67. The number of benzene rings is 2. The first-order chi connectivity index (χ1) is 12.4. The molecule has 4 nitrogen and oxygen atoms in total. The highest BCUT2D eigenvalue weighted by Gasteiger charge is 2.38. The van der Waals surface area contributed by atoms with Crippen LogP contribution in [-0.2, 0) is 9.59 Å². The lowest BCUT2D eigenvalue weighted by molar-refractivity contribution is -0.130. The molecule has 2 aromatic carbocycles. The topological polar surface area (TPSA) is 49.4 Å². The molecule has 2 aromatic rings. The van der Waals surface area contributed by atoms with Gasteiger partial charge in [-0.1, -0.05) is 47.5 Å². The molecule has 0 bridgehead atoms. The molecule has 0 aromatic heterocycles. The molecule has 0 saturated carbocycles. The van der Waals surface area contributed by atoms with E-state index >= 15 is 0 Å². The standard InChI is InChI=1S/C21H24N2O2S/c1-14-4-8-17(9-5-14)21-23(20(25)16(3)26-21)13-12-19(24)22-18-10-6-15(2)7-11-18/h4-11,16,21H,12-13H2,1-3H3,(H,22,24)/t16-,21-/m1/s1. The molecule has 5 heteroatoms. The van der Waals surface area contributed by atoms with Crippen LogP contribution in [-0.4, -0.2) is 28.5 Å². The number of amides is 2. The van der Waals surface area contributed by atoms with Crippen molar-refractivity contribution in [3.05, 3.63) is 65.2 Å². The Morgan fingerprint density at radius 1 is 1.04 bits per heavy atom. The molecule has 2 amide bonds. The number of aryl methyl sites for hydroxylation is 2. The summed E-state index contributed by atoms with van der Waals surface area (Å²) in [5.41, 5.74) is 4.24. The molecule has 0 radical (unpaired) electrons. The number of carbonyl (C=O) groups is 2. The van der Waals surface area contributed by atoms with Crippen molar-refractivity contribution in [2.75, 3.05) is 11.9 Å². The van der Waals surface area contributed by atoms with Crippen LogP contribution in [0.2, 0.25) is 0 Å². The van der Waals surface area contributed by atoms with E-state index in [2.05, 4.69) is 29.6 Å². The molecule has 1 N–H and O–H groups in total. The van der Waals surface area contributed by atoms with Crippen molar-refractivity contribution in [2.24, 2.45) is 0 Å². The van der Waals surface area contributed by atoms with Crippen LogP contribution in [0.15, 0.2) is 48.5 Å². The zero-order valence-electron chi connectivity index (χ0n) is 15.4. The van der Waals surface area contributed by atoms with Gasteiger partial charge in [-0.3, -0.25) is 9.59 Å². The molecular formula is C21H24N2O2S. The number of rotatable bonds is 5. The molecule has 1 fully saturated rings. The van der Waals surface area contributed by atoms with E-state index in [1.807, 2.05) is 49.9 Å². The highest BCUT2D eigenvalue weighted by Crippen LogP contribution is 2.42. The maximum atomic E-state index is 12.5. The Morgan fingerprint density at radius 3 is 2.23 bits per heavy atom. The lowest BCUT2D eigenvalue weighted by Gasteiger charge is -2.24. The number of nitrogens with zero attached hydrogens (tertiary/aromatic N) is 1. The largest absolute Gasteiger partial charge is 0.326 e. The van der Waals surface area contributed by atoms with Gasteiger partial charge in [0.1, 0.15) is 5.37 Å². The molecule has 136 valence electrons. The minimum atomic E-state index is -0.0820. The maximum Gasteiger partial charge on any atom is 0.236 e. The van der Waals surface area contributed by atoms with E-state index in [9.17, 15) is 9.59 Å². The van der Waals surface area contributed by atoms with Crippen molar-refractivity contribution in [3.63, 3.8) is 0 Å². The number of nitrogens with one attached hydrogen (secondary N) is 1. The van der Waals surface area contributed by atoms with Crippen LogP contribution in [0.3, 0.4) is 0 Å². The Morgan fingerprint density at radius 2 is 1.62 bits per heavy atom. The second-order valence-corrected chi connectivity index (χ2v) is 8.16. The van der Waals surface area contributed by atoms with Gasteiger partial charge in [0.15, 0.2) is 0 Å². The van der Waals surface area contributed by atoms with Gasteiger partial charge >= 0.3 is 0 Å². The minimum Gasteiger partial charge on any atom is -0.326 e. The Balaban J connectivity index is 1.64. The van der Waals surface area contributed by atoms with Gasteiger partial charge in [0, 0.05) is 18.7 Å². The Hall–Kier alpha value is -2.27. The van der Waals surface area contributed by atoms with Crippen LogP contribution in [0.5, 0.6) is 0 Å². The molecule has 1 aliphatic heterocycles. The quantitative estimate of drug-likeness (QED) is 0.856. The summed E-state index contributed by atoms with van der Waals surface area (Å²) in [5.74, 6) is 0.0255. The number of carbonyl (C=O) groups excluding carboxylic acids is 2. The normalized spacial score (nSPS) is 19.7. The average Bonchev–Trinajstić information content (AvgIpc) is 2.90. The first-order valence-electron chi connectivity index (χ1n) is 8.83. The summed E-state index contributed by atoms with van der Waals surface area (Å²) in [5, 5.41) is 2.79. The summed E-state index contributed by atoms with van der Waals surface area (Å²) in [7, 11) is 0. The number of anilines is 1. The minimum absolute atomic E-state index is 0.0229. The predicted molar refractivity (Wildman–Crippen MR) is 107 cm³/mol. The third-order valence-electron chi connectivity index (χ3n) is 4.52. The summed E-state index contributed by atoms with van der Waals surface area (Å²) in [6, 6.07) is 16.0. The lowest BCUT2D eigenvalue weighted by atomic mass is 10.1. The third kappa shape index (κ3) is 4.28. The van der Waals surface area contributed by atoms with Crippen LogP contribution < -0.4 is 5.32 Å². The summed E-state index contributed by atoms with van der Waals surface area (Å²) in [6.45, 7) is 6.41. The number of hydrogen-bond donors (Lipinski definition) is 1. The zero-order chi connectivity index (χ0) is 18.7. The van der Waals surface area contributed by atoms with E-state index in [1.165, 1.54) is 5.56 Å². The van der Waals surface area contributed by atoms with Crippen LogP contribution in [0.1, 0.15) is 35.4 Å². The van der Waals surface area contributed by atoms with Gasteiger partial charge in [-0.2, -0.15) is 0 Å². The van der Waals surface area contributed by atoms with Crippen molar-refractivity contribution in [1.82, 2.24) is 4.90 Å². The monoisotopic (exact) mass is 368 g/mol. The first-order valence-corrected chi connectivity index (χ1v) is 9.77. The summed E-state index contributed by atoms with van der Waals surface area (Å²) in [4.78, 5) is 26.6. The van der Waals surface area contributed by atoms with Gasteiger partial charge in [0.25, 0.3) is 0 Å². The van der Waals surface area contributed by atoms with Gasteiger partial charge in [0.2, 0.25) is 11.8 Å². The van der Waals surface area contributed by atoms with Crippen molar-refractivity contribution < 1.29 is 9.59 Å². The Bertz CT molecular complexity index is 787. The second kappa shape index (κ2) is 7.96. The highest BCUT2D eigenvalue weighted by molar-refractivity contribution is 8.01. The van der Waals surface area contributed by atoms with Crippen LogP contribution in [0, 0.1) is 13.8 Å². The smallest absolute Gasteiger partial charge is 0.236 e. The molecule has 1 aliphatic rings. The van der Waals surface area contributed by atoms with Gasteiger partial charge in [-0.25, -0.2) is 0 Å². The first kappa shape index (κ1) is 18.5. The van der Waals surface area contributed by atoms with Crippen LogP contribution >= 0.6 is 11.8 Å². The van der Waals surface area contributed by atoms with Crippen molar-refractivity contribution >= 4 is 29.3 Å². The van der Waals surface area contributed by atoms with E-state index in [0.717, 1.165) is 16.8 Å². The van der Waals surface area contributed by atoms with E-state index in [4.69, 9.17) is 0 Å². The fraction of sp³-hybridized carbons (Fsp3) is 0.333. The highest BCUT2D eigenvalue weighted by atomic mass is 32.2. The second-order valence-electron chi connectivity index (χ2n) is 6.74. The molecule has 3 rings (SSSR count). The van der Waals surface area contributed by atoms with Crippen molar-refractivity contribution in [2.45, 2.75) is 37.8 Å². The fourth-order valence-electron chi connectivity index (χ4n) is 2.97. The maximum absolute atomic E-state index is 12.5. The van der Waals surface area contributed by atoms with E-state index in [-0.39, 0.29) is 28.9 Å². The average molecular weight is 369 g/mol. The molecule has 0 aliphatic carbocycles. The van der Waals surface area contributed by atoms with Crippen molar-refractivity contribution in [3.8, 4) is 0 Å². The number of hydrogen-bond acceptors (Lipinski definition) is 3. The van der Waals surface area contributed by atoms with Gasteiger partial charge in [0.05, 0.1) is 5.25 Å². The molecule has 2 atom stereocenters. The van der Waals surface area contributed by atoms with Crippen LogP contribution in [0.25, 0.3) is 0 Å². The van der Waals surface area contributed by atoms with Gasteiger partial charge in [-0.05, 0) is 38.5 Å². The molecule has 1 saturated heterocycles. The van der Waals surface area contributed by atoms with E-state index < -0.39 is 0 Å². The fourth-order valence-corrected chi connectivity index (χ4v) is 4.28. The SMILES string of the molecule is Cc1ccc(NC(=O)CCN2C(=O)[C@@H](C)S[C@@H]2c2ccc(C)cc2)cc1. The van der Waals surface area contributed by atoms with Crippen LogP contribution in [0.4, 0.5) is 5.69 Å². The summed E-state index contributed by atoms with van der Waals surface area (Å²) in [6.07, 6.45) is 0.287. The van der Waals surface area contributed by atoms with Crippen molar-refractivity contribution in [1.29, 1.82) is 0 Å². The molecule has 0 unspecified atom stereocenters. The Labute approximate surface area is 159 Å².